The van der Waals surface area contributed by atoms with Crippen molar-refractivity contribution in [2.75, 3.05) is 13.1 Å². The van der Waals surface area contributed by atoms with E-state index in [9.17, 15) is 0 Å². The summed E-state index contributed by atoms with van der Waals surface area (Å²) in [6, 6.07) is 16.4. The maximum absolute atomic E-state index is 5.89. The molecule has 0 spiro atoms. The molecule has 4 nitrogen and oxygen atoms in total. The Balaban J connectivity index is 1.59. The van der Waals surface area contributed by atoms with Gasteiger partial charge in [0.25, 0.3) is 0 Å². The summed E-state index contributed by atoms with van der Waals surface area (Å²) in [6.07, 6.45) is 2.97. The molecule has 25 heavy (non-hydrogen) atoms. The molecule has 0 amide bonds. The first-order valence-corrected chi connectivity index (χ1v) is 8.95. The van der Waals surface area contributed by atoms with Gasteiger partial charge in [0, 0.05) is 36.3 Å². The minimum atomic E-state index is 0.575. The van der Waals surface area contributed by atoms with Crippen LogP contribution in [0.15, 0.2) is 54.7 Å². The molecule has 0 atom stereocenters. The number of aromatic nitrogens is 1. The number of ether oxygens (including phenoxy) is 1. The summed E-state index contributed by atoms with van der Waals surface area (Å²) in [5.41, 5.74) is 3.53. The highest BCUT2D eigenvalue weighted by atomic mass is 32.1. The standard InChI is InChI=1S/C20H23N3OS/c1-2-21-20(25)22-11-10-16-13-23-19-12-17(8-9-18(16)19)24-14-15-6-4-3-5-7-15/h3-9,12-13,23H,2,10-11,14H2,1H3,(H2,21,22,25). The van der Waals surface area contributed by atoms with Crippen LogP contribution in [0.25, 0.3) is 10.9 Å². The topological polar surface area (TPSA) is 49.1 Å². The monoisotopic (exact) mass is 353 g/mol. The minimum Gasteiger partial charge on any atom is -0.489 e. The van der Waals surface area contributed by atoms with Crippen LogP contribution < -0.4 is 15.4 Å². The molecule has 0 fully saturated rings. The first-order valence-electron chi connectivity index (χ1n) is 8.54. The molecule has 130 valence electrons. The lowest BCUT2D eigenvalue weighted by atomic mass is 10.1. The van der Waals surface area contributed by atoms with Crippen LogP contribution in [-0.2, 0) is 13.0 Å². The molecular weight excluding hydrogens is 330 g/mol. The molecule has 2 aromatic carbocycles. The fourth-order valence-corrected chi connectivity index (χ4v) is 2.98. The lowest BCUT2D eigenvalue weighted by molar-refractivity contribution is 0.306. The van der Waals surface area contributed by atoms with Gasteiger partial charge >= 0.3 is 0 Å². The highest BCUT2D eigenvalue weighted by Crippen LogP contribution is 2.24. The Labute approximate surface area is 153 Å². The molecule has 0 aliphatic rings. The van der Waals surface area contributed by atoms with E-state index in [1.165, 1.54) is 10.9 Å². The third-order valence-electron chi connectivity index (χ3n) is 4.00. The van der Waals surface area contributed by atoms with Gasteiger partial charge < -0.3 is 20.4 Å². The van der Waals surface area contributed by atoms with Gasteiger partial charge in [-0.3, -0.25) is 0 Å². The van der Waals surface area contributed by atoms with Crippen LogP contribution in [0.4, 0.5) is 0 Å². The SMILES string of the molecule is CCNC(=S)NCCc1c[nH]c2cc(OCc3ccccc3)ccc12. The first kappa shape index (κ1) is 17.3. The van der Waals surface area contributed by atoms with Crippen molar-refractivity contribution < 1.29 is 4.74 Å². The Morgan fingerprint density at radius 3 is 2.76 bits per heavy atom. The van der Waals surface area contributed by atoms with Crippen LogP contribution in [0.2, 0.25) is 0 Å². The van der Waals surface area contributed by atoms with Crippen molar-refractivity contribution in [2.45, 2.75) is 20.0 Å². The van der Waals surface area contributed by atoms with Gasteiger partial charge in [-0.25, -0.2) is 0 Å². The molecule has 3 aromatic rings. The van der Waals surface area contributed by atoms with E-state index in [4.69, 9.17) is 17.0 Å². The highest BCUT2D eigenvalue weighted by Gasteiger charge is 2.06. The summed E-state index contributed by atoms with van der Waals surface area (Å²) in [6.45, 7) is 4.26. The molecular formula is C20H23N3OS. The second-order valence-corrected chi connectivity index (χ2v) is 6.24. The van der Waals surface area contributed by atoms with E-state index in [0.717, 1.165) is 36.3 Å². The number of hydrogen-bond donors (Lipinski definition) is 3. The number of H-pyrrole nitrogens is 1. The summed E-state index contributed by atoms with van der Waals surface area (Å²) in [5.74, 6) is 0.871. The Hall–Kier alpha value is -2.53. The summed E-state index contributed by atoms with van der Waals surface area (Å²) < 4.78 is 5.89. The van der Waals surface area contributed by atoms with Gasteiger partial charge in [0.15, 0.2) is 5.11 Å². The van der Waals surface area contributed by atoms with Crippen LogP contribution in [0.5, 0.6) is 5.75 Å². The predicted octanol–water partition coefficient (Wildman–Crippen LogP) is 3.77. The fourth-order valence-electron chi connectivity index (χ4n) is 2.74. The van der Waals surface area contributed by atoms with Gasteiger partial charge in [-0.1, -0.05) is 30.3 Å². The highest BCUT2D eigenvalue weighted by molar-refractivity contribution is 7.80. The van der Waals surface area contributed by atoms with E-state index in [1.807, 2.05) is 31.2 Å². The molecule has 0 radical (unpaired) electrons. The van der Waals surface area contributed by atoms with Crippen molar-refractivity contribution in [3.63, 3.8) is 0 Å². The average Bonchev–Trinajstić information content (AvgIpc) is 3.03. The number of hydrogen-bond acceptors (Lipinski definition) is 2. The molecule has 3 N–H and O–H groups in total. The van der Waals surface area contributed by atoms with Crippen LogP contribution >= 0.6 is 12.2 Å². The molecule has 0 saturated carbocycles. The zero-order valence-corrected chi connectivity index (χ0v) is 15.2. The maximum atomic E-state index is 5.89. The number of aromatic amines is 1. The lowest BCUT2D eigenvalue weighted by Gasteiger charge is -2.08. The Morgan fingerprint density at radius 2 is 1.96 bits per heavy atom. The van der Waals surface area contributed by atoms with Crippen LogP contribution in [0, 0.1) is 0 Å². The quantitative estimate of drug-likeness (QED) is 0.566. The molecule has 0 aliphatic heterocycles. The molecule has 1 aromatic heterocycles. The van der Waals surface area contributed by atoms with Crippen molar-refractivity contribution in [1.29, 1.82) is 0 Å². The Kier molecular flexibility index (Phi) is 5.90. The van der Waals surface area contributed by atoms with E-state index in [1.54, 1.807) is 0 Å². The number of rotatable bonds is 7. The van der Waals surface area contributed by atoms with Crippen molar-refractivity contribution in [3.05, 3.63) is 65.9 Å². The molecule has 0 bridgehead atoms. The fraction of sp³-hybridized carbons (Fsp3) is 0.250. The maximum Gasteiger partial charge on any atom is 0.166 e. The van der Waals surface area contributed by atoms with Crippen molar-refractivity contribution >= 4 is 28.2 Å². The van der Waals surface area contributed by atoms with E-state index in [-0.39, 0.29) is 0 Å². The minimum absolute atomic E-state index is 0.575. The smallest absolute Gasteiger partial charge is 0.166 e. The predicted molar refractivity (Wildman–Crippen MR) is 107 cm³/mol. The molecule has 5 heteroatoms. The molecule has 3 rings (SSSR count). The number of nitrogens with one attached hydrogen (secondary N) is 3. The molecule has 0 aliphatic carbocycles. The largest absolute Gasteiger partial charge is 0.489 e. The van der Waals surface area contributed by atoms with Gasteiger partial charge in [0.2, 0.25) is 0 Å². The molecule has 1 heterocycles. The van der Waals surface area contributed by atoms with Crippen molar-refractivity contribution in [3.8, 4) is 5.75 Å². The van der Waals surface area contributed by atoms with Gasteiger partial charge in [-0.15, -0.1) is 0 Å². The Bertz CT molecular complexity index is 829. The van der Waals surface area contributed by atoms with Gasteiger partial charge in [-0.05, 0) is 48.8 Å². The van der Waals surface area contributed by atoms with E-state index in [0.29, 0.717) is 11.7 Å². The van der Waals surface area contributed by atoms with Crippen LogP contribution in [-0.4, -0.2) is 23.2 Å². The average molecular weight is 353 g/mol. The third kappa shape index (κ3) is 4.73. The van der Waals surface area contributed by atoms with Crippen LogP contribution in [0.1, 0.15) is 18.1 Å². The number of thiocarbonyl (C=S) groups is 1. The Morgan fingerprint density at radius 1 is 1.12 bits per heavy atom. The second-order valence-electron chi connectivity index (χ2n) is 5.83. The summed E-state index contributed by atoms with van der Waals surface area (Å²) in [7, 11) is 0. The second kappa shape index (κ2) is 8.53. The zero-order chi connectivity index (χ0) is 17.5. The zero-order valence-electron chi connectivity index (χ0n) is 14.3. The summed E-state index contributed by atoms with van der Waals surface area (Å²) in [5, 5.41) is 8.24. The normalized spacial score (nSPS) is 10.6. The van der Waals surface area contributed by atoms with E-state index < -0.39 is 0 Å². The van der Waals surface area contributed by atoms with Gasteiger partial charge in [0.1, 0.15) is 12.4 Å². The number of benzene rings is 2. The van der Waals surface area contributed by atoms with Crippen LogP contribution in [0.3, 0.4) is 0 Å². The van der Waals surface area contributed by atoms with Crippen molar-refractivity contribution in [1.82, 2.24) is 15.6 Å². The molecule has 0 saturated heterocycles. The lowest BCUT2D eigenvalue weighted by Crippen LogP contribution is -2.36. The first-order chi connectivity index (χ1) is 12.3. The summed E-state index contributed by atoms with van der Waals surface area (Å²) >= 11 is 5.18. The van der Waals surface area contributed by atoms with Crippen molar-refractivity contribution in [2.24, 2.45) is 0 Å². The summed E-state index contributed by atoms with van der Waals surface area (Å²) in [4.78, 5) is 3.33. The third-order valence-corrected chi connectivity index (χ3v) is 4.29. The van der Waals surface area contributed by atoms with E-state index >= 15 is 0 Å². The van der Waals surface area contributed by atoms with Gasteiger partial charge in [0.05, 0.1) is 0 Å². The van der Waals surface area contributed by atoms with Gasteiger partial charge in [-0.2, -0.15) is 0 Å². The number of fused-ring (bicyclic) bond motifs is 1. The molecule has 0 unspecified atom stereocenters. The van der Waals surface area contributed by atoms with E-state index in [2.05, 4.69) is 46.1 Å².